The lowest BCUT2D eigenvalue weighted by atomic mass is 10.1. The predicted molar refractivity (Wildman–Crippen MR) is 51.9 cm³/mol. The molecular formula is C10H11NO2. The van der Waals surface area contributed by atoms with E-state index in [1.54, 1.807) is 24.3 Å². The van der Waals surface area contributed by atoms with Crippen LogP contribution in [0.3, 0.4) is 0 Å². The average Bonchev–Trinajstić information content (AvgIpc) is 2.16. The number of anilines is 1. The molecule has 3 heteroatoms. The first-order valence-corrected chi connectivity index (χ1v) is 3.79. The molecule has 0 aromatic heterocycles. The summed E-state index contributed by atoms with van der Waals surface area (Å²) in [6, 6.07) is 7.03. The van der Waals surface area contributed by atoms with Crippen molar-refractivity contribution in [1.82, 2.24) is 0 Å². The number of benzene rings is 1. The van der Waals surface area contributed by atoms with Gasteiger partial charge in [-0.3, -0.25) is 0 Å². The minimum atomic E-state index is -0.460. The lowest BCUT2D eigenvalue weighted by molar-refractivity contribution is -0.133. The molecule has 1 aromatic carbocycles. The summed E-state index contributed by atoms with van der Waals surface area (Å²) in [6.07, 6.45) is 0. The number of para-hydroxylation sites is 1. The van der Waals surface area contributed by atoms with Crippen LogP contribution in [-0.2, 0) is 9.53 Å². The summed E-state index contributed by atoms with van der Waals surface area (Å²) in [5.74, 6) is -0.460. The highest BCUT2D eigenvalue weighted by Gasteiger charge is 2.10. The van der Waals surface area contributed by atoms with Gasteiger partial charge in [-0.05, 0) is 6.07 Å². The molecule has 0 unspecified atom stereocenters. The van der Waals surface area contributed by atoms with Gasteiger partial charge in [-0.25, -0.2) is 4.79 Å². The van der Waals surface area contributed by atoms with Crippen molar-refractivity contribution in [1.29, 1.82) is 0 Å². The van der Waals surface area contributed by atoms with Crippen molar-refractivity contribution in [3.8, 4) is 0 Å². The summed E-state index contributed by atoms with van der Waals surface area (Å²) < 4.78 is 4.53. The highest BCUT2D eigenvalue weighted by Crippen LogP contribution is 2.20. The molecule has 0 aliphatic heterocycles. The Morgan fingerprint density at radius 1 is 1.46 bits per heavy atom. The Morgan fingerprint density at radius 3 is 2.62 bits per heavy atom. The molecule has 68 valence electrons. The van der Waals surface area contributed by atoms with E-state index < -0.39 is 5.97 Å². The smallest absolute Gasteiger partial charge is 0.337 e. The van der Waals surface area contributed by atoms with Gasteiger partial charge in [0.2, 0.25) is 0 Å². The fourth-order valence-electron chi connectivity index (χ4n) is 1.00. The maximum Gasteiger partial charge on any atom is 0.337 e. The third kappa shape index (κ3) is 1.87. The van der Waals surface area contributed by atoms with Gasteiger partial charge < -0.3 is 10.5 Å². The Labute approximate surface area is 76.8 Å². The quantitative estimate of drug-likeness (QED) is 0.422. The van der Waals surface area contributed by atoms with Crippen molar-refractivity contribution in [2.45, 2.75) is 0 Å². The molecule has 0 bridgehead atoms. The number of rotatable bonds is 2. The van der Waals surface area contributed by atoms with Crippen molar-refractivity contribution >= 4 is 17.2 Å². The highest BCUT2D eigenvalue weighted by molar-refractivity contribution is 6.17. The summed E-state index contributed by atoms with van der Waals surface area (Å²) >= 11 is 0. The highest BCUT2D eigenvalue weighted by atomic mass is 16.5. The zero-order valence-electron chi connectivity index (χ0n) is 7.41. The van der Waals surface area contributed by atoms with Gasteiger partial charge in [0.1, 0.15) is 0 Å². The van der Waals surface area contributed by atoms with E-state index >= 15 is 0 Å². The van der Waals surface area contributed by atoms with Crippen LogP contribution in [0.15, 0.2) is 30.8 Å². The van der Waals surface area contributed by atoms with E-state index in [1.165, 1.54) is 7.11 Å². The summed E-state index contributed by atoms with van der Waals surface area (Å²) in [6.45, 7) is 3.60. The molecule has 1 aromatic rings. The minimum Gasteiger partial charge on any atom is -0.465 e. The lowest BCUT2D eigenvalue weighted by Gasteiger charge is -2.05. The SMILES string of the molecule is C=C(C(=O)OC)c1ccccc1N. The predicted octanol–water partition coefficient (Wildman–Crippen LogP) is 1.46. The van der Waals surface area contributed by atoms with Crippen molar-refractivity contribution < 1.29 is 9.53 Å². The van der Waals surface area contributed by atoms with Gasteiger partial charge in [0.15, 0.2) is 0 Å². The maximum atomic E-state index is 11.1. The third-order valence-electron chi connectivity index (χ3n) is 1.72. The number of hydrogen-bond donors (Lipinski definition) is 1. The molecule has 0 radical (unpaired) electrons. The van der Waals surface area contributed by atoms with Gasteiger partial charge in [0.05, 0.1) is 12.7 Å². The number of hydrogen-bond acceptors (Lipinski definition) is 3. The van der Waals surface area contributed by atoms with Crippen LogP contribution in [-0.4, -0.2) is 13.1 Å². The molecule has 1 rings (SSSR count). The van der Waals surface area contributed by atoms with Crippen LogP contribution >= 0.6 is 0 Å². The topological polar surface area (TPSA) is 52.3 Å². The Balaban J connectivity index is 3.02. The number of carbonyl (C=O) groups excluding carboxylic acids is 1. The molecule has 0 spiro atoms. The van der Waals surface area contributed by atoms with E-state index in [4.69, 9.17) is 5.73 Å². The maximum absolute atomic E-state index is 11.1. The van der Waals surface area contributed by atoms with Gasteiger partial charge in [-0.1, -0.05) is 24.8 Å². The lowest BCUT2D eigenvalue weighted by Crippen LogP contribution is -2.04. The number of nitrogen functional groups attached to an aromatic ring is 1. The number of nitrogens with two attached hydrogens (primary N) is 1. The van der Waals surface area contributed by atoms with Gasteiger partial charge in [0, 0.05) is 11.3 Å². The fraction of sp³-hybridized carbons (Fsp3) is 0.100. The zero-order valence-corrected chi connectivity index (χ0v) is 7.41. The van der Waals surface area contributed by atoms with Gasteiger partial charge in [0.25, 0.3) is 0 Å². The second kappa shape index (κ2) is 3.76. The van der Waals surface area contributed by atoms with E-state index in [0.717, 1.165) is 0 Å². The van der Waals surface area contributed by atoms with Crippen molar-refractivity contribution in [3.05, 3.63) is 36.4 Å². The minimum absolute atomic E-state index is 0.278. The molecule has 2 N–H and O–H groups in total. The van der Waals surface area contributed by atoms with Crippen LogP contribution in [0, 0.1) is 0 Å². The molecule has 0 aliphatic carbocycles. The largest absolute Gasteiger partial charge is 0.465 e. The molecule has 0 atom stereocenters. The number of methoxy groups -OCH3 is 1. The van der Waals surface area contributed by atoms with Gasteiger partial charge in [-0.15, -0.1) is 0 Å². The summed E-state index contributed by atoms with van der Waals surface area (Å²) in [4.78, 5) is 11.1. The number of ether oxygens (including phenoxy) is 1. The molecule has 3 nitrogen and oxygen atoms in total. The Bertz CT molecular complexity index is 345. The van der Waals surface area contributed by atoms with E-state index in [-0.39, 0.29) is 5.57 Å². The zero-order chi connectivity index (χ0) is 9.84. The van der Waals surface area contributed by atoms with Crippen LogP contribution < -0.4 is 5.73 Å². The standard InChI is InChI=1S/C10H11NO2/c1-7(10(12)13-2)8-5-3-4-6-9(8)11/h3-6H,1,11H2,2H3. The number of carbonyl (C=O) groups is 1. The van der Waals surface area contributed by atoms with Crippen molar-refractivity contribution in [2.24, 2.45) is 0 Å². The second-order valence-electron chi connectivity index (χ2n) is 2.56. The van der Waals surface area contributed by atoms with Crippen molar-refractivity contribution in [2.75, 3.05) is 12.8 Å². The van der Waals surface area contributed by atoms with Crippen LogP contribution in [0.25, 0.3) is 5.57 Å². The van der Waals surface area contributed by atoms with E-state index in [0.29, 0.717) is 11.3 Å². The second-order valence-corrected chi connectivity index (χ2v) is 2.56. The molecule has 0 aliphatic rings. The molecular weight excluding hydrogens is 166 g/mol. The molecule has 0 saturated heterocycles. The van der Waals surface area contributed by atoms with Crippen LogP contribution in [0.5, 0.6) is 0 Å². The van der Waals surface area contributed by atoms with Crippen LogP contribution in [0.2, 0.25) is 0 Å². The third-order valence-corrected chi connectivity index (χ3v) is 1.72. The van der Waals surface area contributed by atoms with Gasteiger partial charge in [-0.2, -0.15) is 0 Å². The Hall–Kier alpha value is -1.77. The first kappa shape index (κ1) is 9.32. The van der Waals surface area contributed by atoms with E-state index in [1.807, 2.05) is 0 Å². The van der Waals surface area contributed by atoms with E-state index in [9.17, 15) is 4.79 Å². The molecule has 0 saturated carbocycles. The Kier molecular flexibility index (Phi) is 2.69. The molecule has 0 fully saturated rings. The summed E-state index contributed by atoms with van der Waals surface area (Å²) in [5.41, 5.74) is 7.07. The fourth-order valence-corrected chi connectivity index (χ4v) is 1.00. The number of esters is 1. The average molecular weight is 177 g/mol. The molecule has 0 amide bonds. The first-order chi connectivity index (χ1) is 6.16. The molecule has 13 heavy (non-hydrogen) atoms. The monoisotopic (exact) mass is 177 g/mol. The van der Waals surface area contributed by atoms with Crippen LogP contribution in [0.1, 0.15) is 5.56 Å². The van der Waals surface area contributed by atoms with E-state index in [2.05, 4.69) is 11.3 Å². The summed E-state index contributed by atoms with van der Waals surface area (Å²) in [5, 5.41) is 0. The normalized spacial score (nSPS) is 9.31. The Morgan fingerprint density at radius 2 is 2.08 bits per heavy atom. The van der Waals surface area contributed by atoms with Crippen molar-refractivity contribution in [3.63, 3.8) is 0 Å². The summed E-state index contributed by atoms with van der Waals surface area (Å²) in [7, 11) is 1.31. The van der Waals surface area contributed by atoms with Gasteiger partial charge >= 0.3 is 5.97 Å². The molecule has 0 heterocycles. The first-order valence-electron chi connectivity index (χ1n) is 3.79. The van der Waals surface area contributed by atoms with Crippen LogP contribution in [0.4, 0.5) is 5.69 Å².